The van der Waals surface area contributed by atoms with Crippen LogP contribution in [0.15, 0.2) is 24.3 Å². The molecule has 2 N–H and O–H groups in total. The topological polar surface area (TPSA) is 76.7 Å². The van der Waals surface area contributed by atoms with Crippen LogP contribution in [0.1, 0.15) is 131 Å². The maximum absolute atomic E-state index is 13.5. The van der Waals surface area contributed by atoms with Gasteiger partial charge in [0.2, 0.25) is 0 Å². The van der Waals surface area contributed by atoms with Crippen molar-refractivity contribution in [1.29, 1.82) is 0 Å². The van der Waals surface area contributed by atoms with E-state index in [1.807, 2.05) is 0 Å². The molecule has 0 atom stereocenters. The molecule has 0 saturated carbocycles. The molecule has 0 radical (unpaired) electrons. The van der Waals surface area contributed by atoms with Crippen molar-refractivity contribution >= 4 is 11.9 Å². The summed E-state index contributed by atoms with van der Waals surface area (Å²) < 4.78 is 12.6. The number of hydrogen-bond acceptors (Lipinski definition) is 6. The van der Waals surface area contributed by atoms with Crippen molar-refractivity contribution in [3.63, 3.8) is 0 Å². The van der Waals surface area contributed by atoms with Crippen LogP contribution in [-0.4, -0.2) is 46.3 Å². The average molecular weight is 557 g/mol. The van der Waals surface area contributed by atoms with Crippen molar-refractivity contribution in [2.45, 2.75) is 145 Å². The highest BCUT2D eigenvalue weighted by atomic mass is 16.6. The van der Waals surface area contributed by atoms with Gasteiger partial charge in [0.15, 0.2) is 0 Å². The van der Waals surface area contributed by atoms with Crippen molar-refractivity contribution in [1.82, 2.24) is 10.6 Å². The molecule has 40 heavy (non-hydrogen) atoms. The van der Waals surface area contributed by atoms with Gasteiger partial charge >= 0.3 is 11.9 Å². The number of rotatable bonds is 4. The van der Waals surface area contributed by atoms with Crippen molar-refractivity contribution < 1.29 is 19.1 Å². The van der Waals surface area contributed by atoms with Gasteiger partial charge in [0.25, 0.3) is 0 Å². The van der Waals surface area contributed by atoms with Crippen molar-refractivity contribution in [3.05, 3.63) is 35.4 Å². The number of carbonyl (C=O) groups is 2. The maximum Gasteiger partial charge on any atom is 0.338 e. The average Bonchev–Trinajstić information content (AvgIpc) is 2.77. The fraction of sp³-hybridized carbons (Fsp3) is 0.765. The van der Waals surface area contributed by atoms with E-state index in [2.05, 4.69) is 121 Å². The summed E-state index contributed by atoms with van der Waals surface area (Å²) in [6.07, 6.45) is -0.668. The van der Waals surface area contributed by atoms with Gasteiger partial charge in [0, 0.05) is 43.8 Å². The highest BCUT2D eigenvalue weighted by molar-refractivity contribution is 5.93. The summed E-state index contributed by atoms with van der Waals surface area (Å²) in [6, 6.07) is 6.68. The van der Waals surface area contributed by atoms with E-state index in [9.17, 15) is 9.59 Å². The summed E-state index contributed by atoms with van der Waals surface area (Å²) in [6.45, 7) is 34.5. The van der Waals surface area contributed by atoms with Crippen LogP contribution in [0.25, 0.3) is 0 Å². The molecular formula is C34H56N2O4. The van der Waals surface area contributed by atoms with E-state index in [0.29, 0.717) is 11.1 Å². The van der Waals surface area contributed by atoms with Crippen molar-refractivity contribution in [2.75, 3.05) is 0 Å². The van der Waals surface area contributed by atoms with E-state index in [0.717, 1.165) is 0 Å². The zero-order valence-corrected chi connectivity index (χ0v) is 28.1. The molecule has 0 spiro atoms. The molecule has 0 aromatic heterocycles. The Bertz CT molecular complexity index is 1010. The van der Waals surface area contributed by atoms with E-state index in [4.69, 9.17) is 9.47 Å². The predicted molar refractivity (Wildman–Crippen MR) is 163 cm³/mol. The van der Waals surface area contributed by atoms with Crippen LogP contribution >= 0.6 is 0 Å². The number of ether oxygens (including phenoxy) is 2. The standard InChI is InChI=1S/C34H56N2O4/c1-27(2)25(28(3,4)32(11,12)35-31(27,9)10)39-23(37)21-17-19-22(20-18-21)24(38)40-26-29(5,6)33(13,14)36-34(15,16)30(26,7)8/h17-20,25-26,35-36H,1-16H3. The molecule has 0 amide bonds. The molecular weight excluding hydrogens is 500 g/mol. The SMILES string of the molecule is CC1(C)NC(C)(C)C(C)(C)C(OC(=O)c2ccc(C(=O)OC3C(C)(C)C(C)(C)NC(C)(C)C3(C)C)cc2)C1(C)C. The molecule has 2 aliphatic heterocycles. The zero-order chi connectivity index (χ0) is 31.1. The van der Waals surface area contributed by atoms with Crippen LogP contribution in [0.5, 0.6) is 0 Å². The second-order valence-electron chi connectivity index (χ2n) is 16.8. The van der Waals surface area contributed by atoms with E-state index >= 15 is 0 Å². The second kappa shape index (κ2) is 9.29. The molecule has 226 valence electrons. The molecule has 6 heteroatoms. The van der Waals surface area contributed by atoms with Gasteiger partial charge in [-0.15, -0.1) is 0 Å². The zero-order valence-electron chi connectivity index (χ0n) is 28.1. The Labute approximate surface area is 243 Å². The Morgan fingerprint density at radius 3 is 0.875 bits per heavy atom. The van der Waals surface area contributed by atoms with Crippen molar-refractivity contribution in [2.24, 2.45) is 21.7 Å². The van der Waals surface area contributed by atoms with Gasteiger partial charge in [-0.1, -0.05) is 55.4 Å². The molecule has 0 aliphatic carbocycles. The Balaban J connectivity index is 1.84. The molecule has 2 saturated heterocycles. The molecule has 0 unspecified atom stereocenters. The Morgan fingerprint density at radius 1 is 0.475 bits per heavy atom. The summed E-state index contributed by atoms with van der Waals surface area (Å²) in [4.78, 5) is 26.9. The first kappa shape index (κ1) is 32.6. The summed E-state index contributed by atoms with van der Waals surface area (Å²) in [5, 5.41) is 7.57. The molecule has 6 nitrogen and oxygen atoms in total. The minimum absolute atomic E-state index is 0.260. The lowest BCUT2D eigenvalue weighted by Gasteiger charge is -2.64. The lowest BCUT2D eigenvalue weighted by Crippen LogP contribution is -2.76. The van der Waals surface area contributed by atoms with Crippen LogP contribution in [0.3, 0.4) is 0 Å². The maximum atomic E-state index is 13.5. The van der Waals surface area contributed by atoms with Gasteiger partial charge in [-0.25, -0.2) is 9.59 Å². The highest BCUT2D eigenvalue weighted by Crippen LogP contribution is 2.55. The smallest absolute Gasteiger partial charge is 0.338 e. The molecule has 3 rings (SSSR count). The van der Waals surface area contributed by atoms with E-state index < -0.39 is 0 Å². The Hall–Kier alpha value is -1.92. The third-order valence-corrected chi connectivity index (χ3v) is 12.1. The third-order valence-electron chi connectivity index (χ3n) is 12.1. The first-order valence-electron chi connectivity index (χ1n) is 14.8. The molecule has 1 aromatic rings. The van der Waals surface area contributed by atoms with Gasteiger partial charge in [-0.2, -0.15) is 0 Å². The van der Waals surface area contributed by atoms with Gasteiger partial charge < -0.3 is 20.1 Å². The van der Waals surface area contributed by atoms with Gasteiger partial charge in [0.1, 0.15) is 12.2 Å². The normalized spacial score (nSPS) is 27.4. The fourth-order valence-corrected chi connectivity index (χ4v) is 7.00. The predicted octanol–water partition coefficient (Wildman–Crippen LogP) is 7.16. The second-order valence-corrected chi connectivity index (χ2v) is 16.8. The van der Waals surface area contributed by atoms with Crippen LogP contribution in [0.4, 0.5) is 0 Å². The number of hydrogen-bond donors (Lipinski definition) is 2. The van der Waals surface area contributed by atoms with Crippen LogP contribution in [0.2, 0.25) is 0 Å². The quantitative estimate of drug-likeness (QED) is 0.383. The Kier molecular flexibility index (Phi) is 7.57. The molecule has 0 bridgehead atoms. The van der Waals surface area contributed by atoms with Gasteiger partial charge in [-0.3, -0.25) is 0 Å². The lowest BCUT2D eigenvalue weighted by molar-refractivity contribution is -0.163. The number of nitrogens with one attached hydrogen (secondary N) is 2. The minimum Gasteiger partial charge on any atom is -0.457 e. The number of benzene rings is 1. The van der Waals surface area contributed by atoms with Gasteiger partial charge in [0.05, 0.1) is 11.1 Å². The minimum atomic E-state index is -0.385. The summed E-state index contributed by atoms with van der Waals surface area (Å²) >= 11 is 0. The lowest BCUT2D eigenvalue weighted by atomic mass is 9.53. The summed E-state index contributed by atoms with van der Waals surface area (Å²) in [5.41, 5.74) is -1.53. The monoisotopic (exact) mass is 556 g/mol. The largest absolute Gasteiger partial charge is 0.457 e. The number of esters is 2. The number of carbonyl (C=O) groups excluding carboxylic acids is 2. The van der Waals surface area contributed by atoms with E-state index in [-0.39, 0.29) is 68.0 Å². The van der Waals surface area contributed by atoms with Crippen LogP contribution < -0.4 is 10.6 Å². The first-order chi connectivity index (χ1) is 17.7. The van der Waals surface area contributed by atoms with E-state index in [1.165, 1.54) is 0 Å². The molecule has 1 aromatic carbocycles. The molecule has 2 heterocycles. The van der Waals surface area contributed by atoms with Crippen molar-refractivity contribution in [3.8, 4) is 0 Å². The molecule has 2 fully saturated rings. The summed E-state index contributed by atoms with van der Waals surface area (Å²) in [5.74, 6) is -0.771. The van der Waals surface area contributed by atoms with Crippen LogP contribution in [0, 0.1) is 21.7 Å². The summed E-state index contributed by atoms with van der Waals surface area (Å²) in [7, 11) is 0. The molecule has 2 aliphatic rings. The van der Waals surface area contributed by atoms with Crippen LogP contribution in [-0.2, 0) is 9.47 Å². The fourth-order valence-electron chi connectivity index (χ4n) is 7.00. The van der Waals surface area contributed by atoms with Gasteiger partial charge in [-0.05, 0) is 79.7 Å². The first-order valence-corrected chi connectivity index (χ1v) is 14.8. The number of piperidine rings is 2. The third kappa shape index (κ3) is 4.81. The highest BCUT2D eigenvalue weighted by Gasteiger charge is 2.63. The van der Waals surface area contributed by atoms with E-state index in [1.54, 1.807) is 24.3 Å². The Morgan fingerprint density at radius 2 is 0.675 bits per heavy atom.